The highest BCUT2D eigenvalue weighted by Gasteiger charge is 2.23. The summed E-state index contributed by atoms with van der Waals surface area (Å²) >= 11 is 0. The number of anilines is 2. The molecule has 1 unspecified atom stereocenters. The van der Waals surface area contributed by atoms with Crippen LogP contribution in [0.3, 0.4) is 0 Å². The number of carbonyl (C=O) groups is 2. The smallest absolute Gasteiger partial charge is 0.323 e. The molecular weight excluding hydrogens is 302 g/mol. The van der Waals surface area contributed by atoms with Crippen molar-refractivity contribution in [3.8, 4) is 0 Å². The number of urea groups is 1. The van der Waals surface area contributed by atoms with E-state index in [1.165, 1.54) is 0 Å². The summed E-state index contributed by atoms with van der Waals surface area (Å²) < 4.78 is 0. The molecule has 0 aromatic heterocycles. The zero-order chi connectivity index (χ0) is 16.9. The van der Waals surface area contributed by atoms with Crippen molar-refractivity contribution >= 4 is 23.3 Å². The molecule has 0 radical (unpaired) electrons. The van der Waals surface area contributed by atoms with E-state index < -0.39 is 0 Å². The predicted molar refractivity (Wildman–Crippen MR) is 95.2 cm³/mol. The van der Waals surface area contributed by atoms with Crippen LogP contribution < -0.4 is 16.0 Å². The van der Waals surface area contributed by atoms with Gasteiger partial charge < -0.3 is 16.0 Å². The van der Waals surface area contributed by atoms with Crippen LogP contribution in [0.2, 0.25) is 0 Å². The van der Waals surface area contributed by atoms with Crippen LogP contribution in [0.25, 0.3) is 0 Å². The van der Waals surface area contributed by atoms with Gasteiger partial charge in [-0.15, -0.1) is 0 Å². The number of benzene rings is 2. The SMILES string of the molecule is Cc1ccccc1NC(=O)Nc1ccc(C2CCCNC2=O)cc1. The molecule has 1 fully saturated rings. The van der Waals surface area contributed by atoms with Crippen LogP contribution in [-0.4, -0.2) is 18.5 Å². The average Bonchev–Trinajstić information content (AvgIpc) is 2.58. The molecule has 3 amide bonds. The minimum atomic E-state index is -0.285. The molecule has 0 aliphatic carbocycles. The van der Waals surface area contributed by atoms with Crippen LogP contribution in [0, 0.1) is 6.92 Å². The van der Waals surface area contributed by atoms with Crippen LogP contribution in [0.4, 0.5) is 16.2 Å². The molecular formula is C19H21N3O2. The van der Waals surface area contributed by atoms with Gasteiger partial charge in [0, 0.05) is 17.9 Å². The maximum atomic E-state index is 12.1. The third-order valence-corrected chi connectivity index (χ3v) is 4.25. The van der Waals surface area contributed by atoms with Gasteiger partial charge in [-0.1, -0.05) is 30.3 Å². The summed E-state index contributed by atoms with van der Waals surface area (Å²) in [7, 11) is 0. The Morgan fingerprint density at radius 2 is 1.83 bits per heavy atom. The minimum absolute atomic E-state index is 0.0826. The van der Waals surface area contributed by atoms with E-state index in [1.807, 2.05) is 55.5 Å². The van der Waals surface area contributed by atoms with Crippen molar-refractivity contribution in [2.75, 3.05) is 17.2 Å². The van der Waals surface area contributed by atoms with Gasteiger partial charge in [-0.3, -0.25) is 4.79 Å². The molecule has 24 heavy (non-hydrogen) atoms. The first kappa shape index (κ1) is 16.1. The molecule has 0 spiro atoms. The molecule has 3 N–H and O–H groups in total. The predicted octanol–water partition coefficient (Wildman–Crippen LogP) is 3.63. The summed E-state index contributed by atoms with van der Waals surface area (Å²) in [6.07, 6.45) is 1.86. The van der Waals surface area contributed by atoms with Crippen molar-refractivity contribution in [3.63, 3.8) is 0 Å². The van der Waals surface area contributed by atoms with E-state index in [0.29, 0.717) is 5.69 Å². The molecule has 124 valence electrons. The number of hydrogen-bond acceptors (Lipinski definition) is 2. The lowest BCUT2D eigenvalue weighted by Gasteiger charge is -2.22. The molecule has 2 aromatic rings. The topological polar surface area (TPSA) is 70.2 Å². The largest absolute Gasteiger partial charge is 0.356 e. The molecule has 3 rings (SSSR count). The summed E-state index contributed by atoms with van der Waals surface area (Å²) in [4.78, 5) is 24.0. The van der Waals surface area contributed by atoms with Crippen LogP contribution in [0.5, 0.6) is 0 Å². The number of amides is 3. The fourth-order valence-corrected chi connectivity index (χ4v) is 2.89. The first-order valence-corrected chi connectivity index (χ1v) is 8.15. The van der Waals surface area contributed by atoms with E-state index in [4.69, 9.17) is 0 Å². The number of hydrogen-bond donors (Lipinski definition) is 3. The van der Waals surface area contributed by atoms with Gasteiger partial charge in [0.05, 0.1) is 5.92 Å². The highest BCUT2D eigenvalue weighted by Crippen LogP contribution is 2.25. The molecule has 1 aliphatic heterocycles. The monoisotopic (exact) mass is 323 g/mol. The molecule has 1 aliphatic rings. The second-order valence-corrected chi connectivity index (χ2v) is 6.00. The molecule has 2 aromatic carbocycles. The highest BCUT2D eigenvalue weighted by atomic mass is 16.2. The Kier molecular flexibility index (Phi) is 4.79. The summed E-state index contributed by atoms with van der Waals surface area (Å²) in [6, 6.07) is 14.8. The Bertz CT molecular complexity index is 741. The average molecular weight is 323 g/mol. The normalized spacial score (nSPS) is 17.0. The Balaban J connectivity index is 1.62. The molecule has 1 atom stereocenters. The van der Waals surface area contributed by atoms with Crippen molar-refractivity contribution < 1.29 is 9.59 Å². The summed E-state index contributed by atoms with van der Waals surface area (Å²) in [5.74, 6) is -0.00662. The lowest BCUT2D eigenvalue weighted by atomic mass is 9.91. The second-order valence-electron chi connectivity index (χ2n) is 6.00. The first-order valence-electron chi connectivity index (χ1n) is 8.15. The summed E-state index contributed by atoms with van der Waals surface area (Å²) in [5.41, 5.74) is 3.47. The zero-order valence-corrected chi connectivity index (χ0v) is 13.6. The third kappa shape index (κ3) is 3.74. The lowest BCUT2D eigenvalue weighted by molar-refractivity contribution is -0.123. The third-order valence-electron chi connectivity index (χ3n) is 4.25. The van der Waals surface area contributed by atoms with Crippen LogP contribution in [0.15, 0.2) is 48.5 Å². The van der Waals surface area contributed by atoms with E-state index in [1.54, 1.807) is 0 Å². The van der Waals surface area contributed by atoms with Crippen molar-refractivity contribution in [1.29, 1.82) is 0 Å². The van der Waals surface area contributed by atoms with E-state index in [-0.39, 0.29) is 17.9 Å². The Labute approximate surface area is 141 Å². The molecule has 0 saturated carbocycles. The van der Waals surface area contributed by atoms with Crippen LogP contribution in [-0.2, 0) is 4.79 Å². The quantitative estimate of drug-likeness (QED) is 0.807. The molecule has 1 saturated heterocycles. The lowest BCUT2D eigenvalue weighted by Crippen LogP contribution is -2.35. The number of piperidine rings is 1. The fraction of sp³-hybridized carbons (Fsp3) is 0.263. The summed E-state index contributed by atoms with van der Waals surface area (Å²) in [6.45, 7) is 2.70. The maximum Gasteiger partial charge on any atom is 0.323 e. The van der Waals surface area contributed by atoms with Gasteiger partial charge in [0.15, 0.2) is 0 Å². The van der Waals surface area contributed by atoms with Crippen molar-refractivity contribution in [1.82, 2.24) is 5.32 Å². The van der Waals surface area contributed by atoms with Crippen molar-refractivity contribution in [3.05, 3.63) is 59.7 Å². The number of carbonyl (C=O) groups excluding carboxylic acids is 2. The van der Waals surface area contributed by atoms with E-state index in [2.05, 4.69) is 16.0 Å². The minimum Gasteiger partial charge on any atom is -0.356 e. The molecule has 5 heteroatoms. The number of aryl methyl sites for hydroxylation is 1. The van der Waals surface area contributed by atoms with Gasteiger partial charge >= 0.3 is 6.03 Å². The Morgan fingerprint density at radius 1 is 1.08 bits per heavy atom. The second kappa shape index (κ2) is 7.17. The summed E-state index contributed by atoms with van der Waals surface area (Å²) in [5, 5.41) is 8.53. The van der Waals surface area contributed by atoms with E-state index in [9.17, 15) is 9.59 Å². The number of rotatable bonds is 3. The van der Waals surface area contributed by atoms with Gasteiger partial charge in [-0.05, 0) is 49.1 Å². The van der Waals surface area contributed by atoms with Crippen LogP contribution >= 0.6 is 0 Å². The number of para-hydroxylation sites is 1. The molecule has 1 heterocycles. The van der Waals surface area contributed by atoms with Crippen molar-refractivity contribution in [2.45, 2.75) is 25.7 Å². The Morgan fingerprint density at radius 3 is 2.54 bits per heavy atom. The highest BCUT2D eigenvalue weighted by molar-refractivity contribution is 6.00. The number of nitrogens with one attached hydrogen (secondary N) is 3. The maximum absolute atomic E-state index is 12.1. The zero-order valence-electron chi connectivity index (χ0n) is 13.6. The van der Waals surface area contributed by atoms with Gasteiger partial charge in [-0.2, -0.15) is 0 Å². The van der Waals surface area contributed by atoms with Crippen molar-refractivity contribution in [2.24, 2.45) is 0 Å². The molecule has 5 nitrogen and oxygen atoms in total. The Hall–Kier alpha value is -2.82. The van der Waals surface area contributed by atoms with Crippen LogP contribution in [0.1, 0.15) is 29.9 Å². The van der Waals surface area contributed by atoms with E-state index in [0.717, 1.165) is 36.2 Å². The molecule has 0 bridgehead atoms. The van der Waals surface area contributed by atoms with Gasteiger partial charge in [0.1, 0.15) is 0 Å². The van der Waals surface area contributed by atoms with Gasteiger partial charge in [0.2, 0.25) is 5.91 Å². The van der Waals surface area contributed by atoms with Gasteiger partial charge in [-0.25, -0.2) is 4.79 Å². The van der Waals surface area contributed by atoms with Gasteiger partial charge in [0.25, 0.3) is 0 Å². The fourth-order valence-electron chi connectivity index (χ4n) is 2.89. The van der Waals surface area contributed by atoms with E-state index >= 15 is 0 Å². The standard InChI is InChI=1S/C19H21N3O2/c1-13-5-2-3-7-17(13)22-19(24)21-15-10-8-14(9-11-15)16-6-4-12-20-18(16)23/h2-3,5,7-11,16H,4,6,12H2,1H3,(H,20,23)(H2,21,22,24). The first-order chi connectivity index (χ1) is 11.6.